The Balaban J connectivity index is 1.93. The number of ether oxygens (including phenoxy) is 1. The van der Waals surface area contributed by atoms with Gasteiger partial charge in [-0.1, -0.05) is 0 Å². The predicted octanol–water partition coefficient (Wildman–Crippen LogP) is -0.0959. The molecule has 1 saturated heterocycles. The maximum absolute atomic E-state index is 12.2. The topological polar surface area (TPSA) is 117 Å². The standard InChI is InChI=1S/C16H26N5O4P/c1-20(2)16-18-13-10(14(24)19-16)17-8-21(13)15-12(23)11(22)9(25-15)6-7-26(3,4)5/h8-9,11-12,15,22-23H,3,6-7H2,1-2,4-5H3,(H,18,19,24)/t9?,11-,12-,15-/m1/s1. The quantitative estimate of drug-likeness (QED) is 0.618. The Hall–Kier alpha value is -1.67. The number of nitrogens with zero attached hydrogens (tertiary/aromatic N) is 4. The minimum absolute atomic E-state index is 0.161. The van der Waals surface area contributed by atoms with Gasteiger partial charge in [0.15, 0.2) is 17.4 Å². The van der Waals surface area contributed by atoms with Crippen LogP contribution in [0.25, 0.3) is 11.2 Å². The van der Waals surface area contributed by atoms with E-state index in [1.54, 1.807) is 19.0 Å². The number of hydrogen-bond acceptors (Lipinski definition) is 7. The first-order chi connectivity index (χ1) is 12.1. The summed E-state index contributed by atoms with van der Waals surface area (Å²) in [5, 5.41) is 20.9. The van der Waals surface area contributed by atoms with Crippen LogP contribution in [0.3, 0.4) is 0 Å². The fourth-order valence-corrected chi connectivity index (χ4v) is 3.94. The number of anilines is 1. The molecule has 1 aliphatic rings. The molecule has 0 amide bonds. The Morgan fingerprint density at radius 3 is 2.69 bits per heavy atom. The summed E-state index contributed by atoms with van der Waals surface area (Å²) >= 11 is 0. The Morgan fingerprint density at radius 2 is 2.08 bits per heavy atom. The van der Waals surface area contributed by atoms with Gasteiger partial charge in [0, 0.05) is 14.1 Å². The first-order valence-electron chi connectivity index (χ1n) is 8.41. The second kappa shape index (κ2) is 6.81. The largest absolute Gasteiger partial charge is 0.388 e. The summed E-state index contributed by atoms with van der Waals surface area (Å²) < 4.78 is 7.43. The van der Waals surface area contributed by atoms with E-state index in [-0.39, 0.29) is 11.1 Å². The maximum Gasteiger partial charge on any atom is 0.280 e. The van der Waals surface area contributed by atoms with Gasteiger partial charge in [0.05, 0.1) is 12.4 Å². The molecule has 26 heavy (non-hydrogen) atoms. The van der Waals surface area contributed by atoms with Crippen LogP contribution in [0.5, 0.6) is 0 Å². The number of aromatic amines is 1. The number of aliphatic hydroxyl groups excluding tert-OH is 2. The SMILES string of the molecule is C=P(C)(C)CCC1O[C@@H](n2cnc3c(=O)[nH]c(N(C)C)nc32)[C@H](O)[C@@H]1O. The number of rotatable bonds is 5. The molecule has 0 aromatic carbocycles. The first-order valence-corrected chi connectivity index (χ1v) is 11.5. The van der Waals surface area contributed by atoms with Gasteiger partial charge in [-0.25, -0.2) is 4.98 Å². The number of imidazole rings is 1. The molecular weight excluding hydrogens is 357 g/mol. The number of aromatic nitrogens is 4. The normalized spacial score (nSPS) is 26.5. The van der Waals surface area contributed by atoms with Gasteiger partial charge in [-0.3, -0.25) is 14.3 Å². The van der Waals surface area contributed by atoms with Gasteiger partial charge in [-0.15, -0.1) is 13.2 Å². The van der Waals surface area contributed by atoms with Gasteiger partial charge in [0.2, 0.25) is 5.95 Å². The van der Waals surface area contributed by atoms with Crippen molar-refractivity contribution < 1.29 is 14.9 Å². The van der Waals surface area contributed by atoms with Crippen LogP contribution in [0.1, 0.15) is 12.6 Å². The molecule has 2 aromatic heterocycles. The van der Waals surface area contributed by atoms with E-state index in [4.69, 9.17) is 4.74 Å². The molecule has 144 valence electrons. The van der Waals surface area contributed by atoms with Crippen molar-refractivity contribution in [1.82, 2.24) is 19.5 Å². The number of nitrogens with one attached hydrogen (secondary N) is 1. The molecule has 0 spiro atoms. The number of aliphatic hydroxyl groups is 2. The fourth-order valence-electron chi connectivity index (χ4n) is 2.99. The highest BCUT2D eigenvalue weighted by atomic mass is 31.2. The van der Waals surface area contributed by atoms with Crippen LogP contribution in [-0.2, 0) is 4.74 Å². The monoisotopic (exact) mass is 383 g/mol. The molecule has 3 heterocycles. The lowest BCUT2D eigenvalue weighted by molar-refractivity contribution is -0.0353. The summed E-state index contributed by atoms with van der Waals surface area (Å²) in [5.41, 5.74) is 0.0964. The Labute approximate surface area is 151 Å². The van der Waals surface area contributed by atoms with Gasteiger partial charge in [0.25, 0.3) is 5.56 Å². The second-order valence-corrected chi connectivity index (χ2v) is 11.9. The Bertz CT molecular complexity index is 902. The van der Waals surface area contributed by atoms with E-state index in [1.165, 1.54) is 10.9 Å². The Kier molecular flexibility index (Phi) is 5.00. The molecule has 1 aliphatic heterocycles. The summed E-state index contributed by atoms with van der Waals surface area (Å²) in [7, 11) is 3.52. The first kappa shape index (κ1) is 19.1. The third-order valence-electron chi connectivity index (χ3n) is 4.47. The van der Waals surface area contributed by atoms with Gasteiger partial charge in [-0.05, 0) is 25.9 Å². The lowest BCUT2D eigenvalue weighted by Gasteiger charge is -2.18. The van der Waals surface area contributed by atoms with E-state index >= 15 is 0 Å². The molecule has 0 bridgehead atoms. The van der Waals surface area contributed by atoms with E-state index in [2.05, 4.69) is 34.6 Å². The van der Waals surface area contributed by atoms with Crippen LogP contribution < -0.4 is 10.5 Å². The van der Waals surface area contributed by atoms with Gasteiger partial charge < -0.3 is 19.8 Å². The van der Waals surface area contributed by atoms with Crippen molar-refractivity contribution in [2.24, 2.45) is 0 Å². The molecule has 2 aromatic rings. The van der Waals surface area contributed by atoms with E-state index in [0.29, 0.717) is 18.0 Å². The number of fused-ring (bicyclic) bond motifs is 1. The molecule has 3 N–H and O–H groups in total. The van der Waals surface area contributed by atoms with Crippen LogP contribution in [0.4, 0.5) is 5.95 Å². The van der Waals surface area contributed by atoms with Crippen molar-refractivity contribution in [3.8, 4) is 0 Å². The molecule has 1 fully saturated rings. The van der Waals surface area contributed by atoms with Crippen LogP contribution in [-0.4, -0.2) is 87.9 Å². The van der Waals surface area contributed by atoms with E-state index in [9.17, 15) is 15.0 Å². The molecule has 10 heteroatoms. The van der Waals surface area contributed by atoms with Crippen LogP contribution in [0.2, 0.25) is 0 Å². The van der Waals surface area contributed by atoms with Crippen LogP contribution in [0.15, 0.2) is 11.1 Å². The van der Waals surface area contributed by atoms with Crippen LogP contribution >= 0.6 is 6.89 Å². The molecule has 3 rings (SSSR count). The van der Waals surface area contributed by atoms with Crippen molar-refractivity contribution in [2.45, 2.75) is 31.0 Å². The molecule has 0 saturated carbocycles. The molecule has 1 unspecified atom stereocenters. The summed E-state index contributed by atoms with van der Waals surface area (Å²) in [6.45, 7) is 2.97. The minimum Gasteiger partial charge on any atom is -0.388 e. The number of H-pyrrole nitrogens is 1. The van der Waals surface area contributed by atoms with Crippen molar-refractivity contribution in [3.63, 3.8) is 0 Å². The zero-order chi connectivity index (χ0) is 19.2. The zero-order valence-electron chi connectivity index (χ0n) is 15.5. The van der Waals surface area contributed by atoms with Crippen molar-refractivity contribution in [3.05, 3.63) is 16.7 Å². The highest BCUT2D eigenvalue weighted by molar-refractivity contribution is 7.72. The zero-order valence-corrected chi connectivity index (χ0v) is 16.3. The van der Waals surface area contributed by atoms with Crippen LogP contribution in [0, 0.1) is 0 Å². The average Bonchev–Trinajstić information content (AvgIpc) is 3.08. The van der Waals surface area contributed by atoms with E-state index in [1.807, 2.05) is 0 Å². The lowest BCUT2D eigenvalue weighted by Crippen LogP contribution is -2.32. The fraction of sp³-hybridized carbons (Fsp3) is 0.625. The molecular formula is C16H26N5O4P. The summed E-state index contributed by atoms with van der Waals surface area (Å²) in [5.74, 6) is 0.373. The van der Waals surface area contributed by atoms with Crippen molar-refractivity contribution >= 4 is 30.3 Å². The highest BCUT2D eigenvalue weighted by Crippen LogP contribution is 2.39. The van der Waals surface area contributed by atoms with Gasteiger partial charge >= 0.3 is 0 Å². The van der Waals surface area contributed by atoms with Gasteiger partial charge in [-0.2, -0.15) is 4.98 Å². The predicted molar refractivity (Wildman–Crippen MR) is 104 cm³/mol. The molecule has 4 atom stereocenters. The van der Waals surface area contributed by atoms with Gasteiger partial charge in [0.1, 0.15) is 12.2 Å². The smallest absolute Gasteiger partial charge is 0.280 e. The van der Waals surface area contributed by atoms with E-state index < -0.39 is 31.4 Å². The molecule has 0 aliphatic carbocycles. The molecule has 0 radical (unpaired) electrons. The summed E-state index contributed by atoms with van der Waals surface area (Å²) in [4.78, 5) is 25.0. The maximum atomic E-state index is 12.2. The lowest BCUT2D eigenvalue weighted by atomic mass is 10.1. The second-order valence-electron chi connectivity index (χ2n) is 7.60. The van der Waals surface area contributed by atoms with E-state index in [0.717, 1.165) is 6.16 Å². The van der Waals surface area contributed by atoms with Crippen molar-refractivity contribution in [2.75, 3.05) is 38.5 Å². The summed E-state index contributed by atoms with van der Waals surface area (Å²) in [6.07, 6.45) is 3.54. The molecule has 9 nitrogen and oxygen atoms in total. The van der Waals surface area contributed by atoms with Crippen molar-refractivity contribution in [1.29, 1.82) is 0 Å². The minimum atomic E-state index is -1.26. The highest BCUT2D eigenvalue weighted by Gasteiger charge is 2.44. The summed E-state index contributed by atoms with van der Waals surface area (Å²) in [6, 6.07) is 0. The average molecular weight is 383 g/mol. The number of hydrogen-bond donors (Lipinski definition) is 3. The Morgan fingerprint density at radius 1 is 1.38 bits per heavy atom. The third-order valence-corrected chi connectivity index (χ3v) is 5.94. The third kappa shape index (κ3) is 3.57.